The summed E-state index contributed by atoms with van der Waals surface area (Å²) in [6.45, 7) is 1.45. The number of nitriles is 1. The smallest absolute Gasteiger partial charge is 0.0996 e. The molecule has 0 aromatic carbocycles. The van der Waals surface area contributed by atoms with Crippen molar-refractivity contribution < 1.29 is 5.11 Å². The van der Waals surface area contributed by atoms with E-state index in [1.807, 2.05) is 0 Å². The summed E-state index contributed by atoms with van der Waals surface area (Å²) in [5.74, 6) is 0.0532. The van der Waals surface area contributed by atoms with Crippen molar-refractivity contribution in [3.63, 3.8) is 0 Å². The van der Waals surface area contributed by atoms with Crippen LogP contribution in [0.5, 0.6) is 0 Å². The number of aliphatic hydroxyl groups excluding tert-OH is 1. The molecule has 0 aromatic heterocycles. The molecule has 0 aromatic rings. The third kappa shape index (κ3) is 10.7. The maximum absolute atomic E-state index is 8.19. The Kier molecular flexibility index (Phi) is 8.70. The maximum atomic E-state index is 8.19. The zero-order chi connectivity index (χ0) is 4.99. The van der Waals surface area contributed by atoms with Gasteiger partial charge in [-0.1, -0.05) is 0 Å². The summed E-state index contributed by atoms with van der Waals surface area (Å²) in [5, 5.41) is 15.9. The molecule has 0 aliphatic carbocycles. The van der Waals surface area contributed by atoms with E-state index in [9.17, 15) is 0 Å². The van der Waals surface area contributed by atoms with E-state index in [0.717, 1.165) is 6.08 Å². The second-order valence-corrected chi connectivity index (χ2v) is 0.915. The van der Waals surface area contributed by atoms with E-state index in [1.165, 1.54) is 6.92 Å². The van der Waals surface area contributed by atoms with Gasteiger partial charge in [0.15, 0.2) is 0 Å². The predicted molar refractivity (Wildman–Crippen MR) is 27.8 cm³/mol. The van der Waals surface area contributed by atoms with E-state index in [-0.39, 0.29) is 35.3 Å². The Bertz CT molecular complexity index is 98.7. The van der Waals surface area contributed by atoms with Gasteiger partial charge in [-0.05, 0) is 6.92 Å². The fourth-order valence-electron chi connectivity index (χ4n) is 0.0934. The van der Waals surface area contributed by atoms with Crippen LogP contribution in [0.25, 0.3) is 0 Å². The van der Waals surface area contributed by atoms with Gasteiger partial charge in [-0.3, -0.25) is 0 Å². The van der Waals surface area contributed by atoms with Gasteiger partial charge in [-0.2, -0.15) is 5.26 Å². The summed E-state index contributed by atoms with van der Waals surface area (Å²) >= 11 is 0. The summed E-state index contributed by atoms with van der Waals surface area (Å²) in [6.07, 6.45) is 1.07. The average Bonchev–Trinajstić information content (AvgIpc) is 1.35. The maximum Gasteiger partial charge on any atom is 0.0996 e. The average molecular weight is 106 g/mol. The molecule has 0 spiro atoms. The predicted octanol–water partition coefficient (Wildman–Crippen LogP) is 0.591. The minimum Gasteiger partial charge on any atom is -0.512 e. The van der Waals surface area contributed by atoms with Crippen molar-refractivity contribution in [1.29, 1.82) is 5.26 Å². The van der Waals surface area contributed by atoms with Gasteiger partial charge in [0, 0.05) is 29.6 Å². The minimum atomic E-state index is 0. The van der Waals surface area contributed by atoms with E-state index in [2.05, 4.69) is 0 Å². The number of hydrogen-bond acceptors (Lipinski definition) is 2. The van der Waals surface area contributed by atoms with Gasteiger partial charge in [0.2, 0.25) is 0 Å². The normalized spacial score (nSPS) is 8.86. The Morgan fingerprint density at radius 3 is 2.29 bits per heavy atom. The Morgan fingerprint density at radius 1 is 1.86 bits per heavy atom. The monoisotopic (exact) mass is 106 g/mol. The molecule has 0 heterocycles. The van der Waals surface area contributed by atoms with Crippen LogP contribution < -0.4 is 0 Å². The van der Waals surface area contributed by atoms with Crippen molar-refractivity contribution >= 4 is 29.6 Å². The van der Waals surface area contributed by atoms with Crippen molar-refractivity contribution in [1.82, 2.24) is 0 Å². The van der Waals surface area contributed by atoms with Crippen LogP contribution in [0.4, 0.5) is 0 Å². The van der Waals surface area contributed by atoms with Crippen molar-refractivity contribution in [2.45, 2.75) is 6.92 Å². The van der Waals surface area contributed by atoms with Crippen LogP contribution in [0, 0.1) is 11.3 Å². The zero-order valence-corrected chi connectivity index (χ0v) is 6.47. The van der Waals surface area contributed by atoms with E-state index < -0.39 is 0 Å². The van der Waals surface area contributed by atoms with Gasteiger partial charge < -0.3 is 5.11 Å². The van der Waals surface area contributed by atoms with Crippen LogP contribution in [-0.4, -0.2) is 34.7 Å². The summed E-state index contributed by atoms with van der Waals surface area (Å²) in [7, 11) is 0. The van der Waals surface area contributed by atoms with Crippen LogP contribution >= 0.6 is 0 Å². The summed E-state index contributed by atoms with van der Waals surface area (Å²) in [6, 6.07) is 1.66. The van der Waals surface area contributed by atoms with E-state index in [4.69, 9.17) is 10.4 Å². The van der Waals surface area contributed by atoms with Crippen molar-refractivity contribution in [3.05, 3.63) is 11.8 Å². The molecule has 0 saturated heterocycles. The van der Waals surface area contributed by atoms with Gasteiger partial charge in [-0.15, -0.1) is 0 Å². The fourth-order valence-corrected chi connectivity index (χ4v) is 0.0934. The van der Waals surface area contributed by atoms with Gasteiger partial charge in [-0.25, -0.2) is 0 Å². The molecular weight excluding hydrogens is 101 g/mol. The fraction of sp³-hybridized carbons (Fsp3) is 0.250. The van der Waals surface area contributed by atoms with Gasteiger partial charge >= 0.3 is 0 Å². The van der Waals surface area contributed by atoms with Gasteiger partial charge in [0.25, 0.3) is 0 Å². The van der Waals surface area contributed by atoms with Crippen LogP contribution in [-0.2, 0) is 0 Å². The standard InChI is InChI=1S/C4H5NO.Na/c1-4(6)2-3-5;/h2,6H,1H3;. The number of rotatable bonds is 0. The number of aliphatic hydroxyl groups is 1. The second-order valence-electron chi connectivity index (χ2n) is 0.915. The molecule has 3 heteroatoms. The molecule has 0 aliphatic heterocycles. The van der Waals surface area contributed by atoms with Gasteiger partial charge in [0.1, 0.15) is 0 Å². The molecule has 1 N–H and O–H groups in total. The first-order valence-corrected chi connectivity index (χ1v) is 1.52. The first-order chi connectivity index (χ1) is 2.77. The topological polar surface area (TPSA) is 44.0 Å². The SMILES string of the molecule is CC(O)=CC#N.[Na]. The Balaban J connectivity index is 0. The molecule has 2 nitrogen and oxygen atoms in total. The molecule has 1 radical (unpaired) electrons. The van der Waals surface area contributed by atoms with Crippen molar-refractivity contribution in [3.8, 4) is 6.07 Å². The molecule has 0 rings (SSSR count). The summed E-state index contributed by atoms with van der Waals surface area (Å²) in [4.78, 5) is 0. The molecule has 0 saturated carbocycles. The van der Waals surface area contributed by atoms with E-state index >= 15 is 0 Å². The first-order valence-electron chi connectivity index (χ1n) is 1.52. The molecule has 0 atom stereocenters. The molecule has 0 unspecified atom stereocenters. The molecule has 0 aliphatic rings. The molecule has 33 valence electrons. The second kappa shape index (κ2) is 6.03. The first kappa shape index (κ1) is 10.1. The zero-order valence-electron chi connectivity index (χ0n) is 4.47. The van der Waals surface area contributed by atoms with Crippen LogP contribution in [0.3, 0.4) is 0 Å². The van der Waals surface area contributed by atoms with Crippen LogP contribution in [0.15, 0.2) is 11.8 Å². The molecular formula is C4H5NNaO. The number of nitrogens with zero attached hydrogens (tertiary/aromatic N) is 1. The van der Waals surface area contributed by atoms with Crippen molar-refractivity contribution in [2.24, 2.45) is 0 Å². The van der Waals surface area contributed by atoms with Gasteiger partial charge in [0.05, 0.1) is 17.9 Å². The summed E-state index contributed by atoms with van der Waals surface area (Å²) < 4.78 is 0. The molecule has 0 amide bonds. The third-order valence-electron chi connectivity index (χ3n) is 0.273. The van der Waals surface area contributed by atoms with Crippen LogP contribution in [0.1, 0.15) is 6.92 Å². The Labute approximate surface area is 64.7 Å². The Hall–Kier alpha value is 0.0300. The number of allylic oxidation sites excluding steroid dienone is 2. The van der Waals surface area contributed by atoms with Crippen LogP contribution in [0.2, 0.25) is 0 Å². The quantitative estimate of drug-likeness (QED) is 0.279. The molecule has 0 fully saturated rings. The minimum absolute atomic E-state index is 0. The van der Waals surface area contributed by atoms with E-state index in [0.29, 0.717) is 0 Å². The third-order valence-corrected chi connectivity index (χ3v) is 0.273. The number of hydrogen-bond donors (Lipinski definition) is 1. The molecule has 0 bridgehead atoms. The van der Waals surface area contributed by atoms with Crippen molar-refractivity contribution in [2.75, 3.05) is 0 Å². The largest absolute Gasteiger partial charge is 0.512 e. The molecule has 7 heavy (non-hydrogen) atoms. The van der Waals surface area contributed by atoms with E-state index in [1.54, 1.807) is 6.07 Å². The Morgan fingerprint density at radius 2 is 2.29 bits per heavy atom. The summed E-state index contributed by atoms with van der Waals surface area (Å²) in [5.41, 5.74) is 0.